The van der Waals surface area contributed by atoms with E-state index >= 15 is 0 Å². The number of hydrogen-bond acceptors (Lipinski definition) is 2. The summed E-state index contributed by atoms with van der Waals surface area (Å²) in [6, 6.07) is 0. The van der Waals surface area contributed by atoms with Gasteiger partial charge in [0.05, 0.1) is 5.92 Å². The van der Waals surface area contributed by atoms with Gasteiger partial charge in [-0.15, -0.1) is 0 Å². The Hall–Kier alpha value is -1.27. The van der Waals surface area contributed by atoms with E-state index in [1.807, 2.05) is 0 Å². The summed E-state index contributed by atoms with van der Waals surface area (Å²) in [4.78, 5) is 20.6. The van der Waals surface area contributed by atoms with Crippen LogP contribution in [-0.4, -0.2) is 29.7 Å². The molecule has 7 heteroatoms. The van der Waals surface area contributed by atoms with E-state index in [9.17, 15) is 22.8 Å². The molecule has 0 spiro atoms. The molecule has 0 rings (SSSR count). The topological polar surface area (TPSA) is 66.4 Å². The highest BCUT2D eigenvalue weighted by atomic mass is 19.4. The Morgan fingerprint density at radius 3 is 2.33 bits per heavy atom. The number of carboxylic acids is 1. The maximum atomic E-state index is 11.7. The van der Waals surface area contributed by atoms with Crippen LogP contribution in [-0.2, 0) is 9.59 Å². The maximum absolute atomic E-state index is 11.7. The fourth-order valence-corrected chi connectivity index (χ4v) is 0.834. The largest absolute Gasteiger partial charge is 0.481 e. The van der Waals surface area contributed by atoms with Crippen molar-refractivity contribution in [3.05, 3.63) is 0 Å². The molecule has 88 valence electrons. The maximum Gasteiger partial charge on any atom is 0.471 e. The van der Waals surface area contributed by atoms with Crippen LogP contribution in [0.25, 0.3) is 0 Å². The molecule has 0 aliphatic rings. The number of carboxylic acid groups (broad SMARTS) is 1. The monoisotopic (exact) mass is 227 g/mol. The van der Waals surface area contributed by atoms with Crippen LogP contribution in [0.3, 0.4) is 0 Å². The molecule has 1 amide bonds. The van der Waals surface area contributed by atoms with Crippen molar-refractivity contribution in [3.63, 3.8) is 0 Å². The minimum atomic E-state index is -4.88. The van der Waals surface area contributed by atoms with Crippen molar-refractivity contribution in [2.24, 2.45) is 5.92 Å². The van der Waals surface area contributed by atoms with E-state index in [0.717, 1.165) is 0 Å². The lowest BCUT2D eigenvalue weighted by molar-refractivity contribution is -0.173. The molecule has 1 atom stereocenters. The van der Waals surface area contributed by atoms with Gasteiger partial charge >= 0.3 is 18.1 Å². The number of halogens is 3. The van der Waals surface area contributed by atoms with Crippen LogP contribution in [0.2, 0.25) is 0 Å². The number of aliphatic carboxylic acids is 1. The van der Waals surface area contributed by atoms with Crippen molar-refractivity contribution in [1.29, 1.82) is 0 Å². The average molecular weight is 227 g/mol. The fourth-order valence-electron chi connectivity index (χ4n) is 0.834. The van der Waals surface area contributed by atoms with Crippen LogP contribution in [0, 0.1) is 5.92 Å². The van der Waals surface area contributed by atoms with Gasteiger partial charge in [0.15, 0.2) is 0 Å². The molecule has 0 aromatic rings. The Balaban J connectivity index is 3.64. The second-order valence-electron chi connectivity index (χ2n) is 3.14. The summed E-state index contributed by atoms with van der Waals surface area (Å²) in [5, 5.41) is 10.1. The summed E-state index contributed by atoms with van der Waals surface area (Å²) in [7, 11) is 0. The lowest BCUT2D eigenvalue weighted by Gasteiger charge is -2.08. The highest BCUT2D eigenvalue weighted by molar-refractivity contribution is 5.81. The fraction of sp³-hybridized carbons (Fsp3) is 0.750. The van der Waals surface area contributed by atoms with Gasteiger partial charge in [0, 0.05) is 6.54 Å². The lowest BCUT2D eigenvalue weighted by atomic mass is 10.1. The smallest absolute Gasteiger partial charge is 0.471 e. The lowest BCUT2D eigenvalue weighted by Crippen LogP contribution is -2.37. The average Bonchev–Trinajstić information content (AvgIpc) is 2.09. The molecule has 0 aromatic carbocycles. The van der Waals surface area contributed by atoms with Gasteiger partial charge in [-0.2, -0.15) is 13.2 Å². The predicted molar refractivity (Wildman–Crippen MR) is 45.1 cm³/mol. The number of amides is 1. The van der Waals surface area contributed by atoms with E-state index < -0.39 is 24.0 Å². The molecule has 0 unspecified atom stereocenters. The standard InChI is InChI=1S/C8H12F3NO3/c1-5(6(13)14)3-2-4-12-7(15)8(9,10)11/h5H,2-4H2,1H3,(H,12,15)(H,13,14)/t5-/m0/s1. The minimum Gasteiger partial charge on any atom is -0.481 e. The summed E-state index contributed by atoms with van der Waals surface area (Å²) in [6.45, 7) is 1.28. The number of carbonyl (C=O) groups excluding carboxylic acids is 1. The van der Waals surface area contributed by atoms with E-state index in [-0.39, 0.29) is 19.4 Å². The van der Waals surface area contributed by atoms with Crippen molar-refractivity contribution in [2.75, 3.05) is 6.54 Å². The van der Waals surface area contributed by atoms with Gasteiger partial charge in [0.25, 0.3) is 0 Å². The Morgan fingerprint density at radius 1 is 1.40 bits per heavy atom. The summed E-state index contributed by atoms with van der Waals surface area (Å²) in [5.74, 6) is -3.62. The molecule has 0 aliphatic carbocycles. The van der Waals surface area contributed by atoms with Gasteiger partial charge < -0.3 is 10.4 Å². The molecule has 0 fully saturated rings. The molecule has 15 heavy (non-hydrogen) atoms. The molecule has 0 aliphatic heterocycles. The van der Waals surface area contributed by atoms with Crippen molar-refractivity contribution in [1.82, 2.24) is 5.32 Å². The Morgan fingerprint density at radius 2 is 1.93 bits per heavy atom. The van der Waals surface area contributed by atoms with Crippen LogP contribution < -0.4 is 5.32 Å². The van der Waals surface area contributed by atoms with Crippen LogP contribution in [0.1, 0.15) is 19.8 Å². The van der Waals surface area contributed by atoms with Crippen LogP contribution >= 0.6 is 0 Å². The first-order valence-corrected chi connectivity index (χ1v) is 4.33. The molecule has 0 saturated carbocycles. The van der Waals surface area contributed by atoms with Gasteiger partial charge in [0.2, 0.25) is 0 Å². The number of alkyl halides is 3. The molecule has 0 radical (unpaired) electrons. The van der Waals surface area contributed by atoms with Crippen molar-refractivity contribution >= 4 is 11.9 Å². The highest BCUT2D eigenvalue weighted by Crippen LogP contribution is 2.14. The third kappa shape index (κ3) is 5.92. The molecule has 0 saturated heterocycles. The number of rotatable bonds is 5. The second kappa shape index (κ2) is 5.57. The van der Waals surface area contributed by atoms with Gasteiger partial charge in [-0.25, -0.2) is 0 Å². The van der Waals surface area contributed by atoms with Crippen LogP contribution in [0.15, 0.2) is 0 Å². The minimum absolute atomic E-state index is 0.171. The zero-order valence-electron chi connectivity index (χ0n) is 8.10. The van der Waals surface area contributed by atoms with E-state index in [1.54, 1.807) is 5.32 Å². The quantitative estimate of drug-likeness (QED) is 0.693. The summed E-state index contributed by atoms with van der Waals surface area (Å²) in [5.41, 5.74) is 0. The molecule has 0 heterocycles. The van der Waals surface area contributed by atoms with Gasteiger partial charge in [0.1, 0.15) is 0 Å². The van der Waals surface area contributed by atoms with Gasteiger partial charge in [-0.05, 0) is 12.8 Å². The number of carbonyl (C=O) groups is 2. The van der Waals surface area contributed by atoms with E-state index in [2.05, 4.69) is 0 Å². The Kier molecular flexibility index (Phi) is 5.10. The molecule has 2 N–H and O–H groups in total. The molecular weight excluding hydrogens is 215 g/mol. The molecule has 4 nitrogen and oxygen atoms in total. The van der Waals surface area contributed by atoms with Crippen molar-refractivity contribution in [3.8, 4) is 0 Å². The van der Waals surface area contributed by atoms with Gasteiger partial charge in [-0.3, -0.25) is 9.59 Å². The Labute approximate surface area is 84.5 Å². The first-order chi connectivity index (χ1) is 6.75. The first kappa shape index (κ1) is 13.7. The highest BCUT2D eigenvalue weighted by Gasteiger charge is 2.38. The van der Waals surface area contributed by atoms with Crippen LogP contribution in [0.4, 0.5) is 13.2 Å². The van der Waals surface area contributed by atoms with E-state index in [4.69, 9.17) is 5.11 Å². The molecule has 0 bridgehead atoms. The normalized spacial score (nSPS) is 13.3. The third-order valence-electron chi connectivity index (χ3n) is 1.78. The number of hydrogen-bond donors (Lipinski definition) is 2. The zero-order chi connectivity index (χ0) is 12.1. The van der Waals surface area contributed by atoms with Crippen LogP contribution in [0.5, 0.6) is 0 Å². The second-order valence-corrected chi connectivity index (χ2v) is 3.14. The zero-order valence-corrected chi connectivity index (χ0v) is 8.10. The van der Waals surface area contributed by atoms with E-state index in [0.29, 0.717) is 0 Å². The first-order valence-electron chi connectivity index (χ1n) is 4.33. The molecular formula is C8H12F3NO3. The third-order valence-corrected chi connectivity index (χ3v) is 1.78. The Bertz CT molecular complexity index is 240. The summed E-state index contributed by atoms with van der Waals surface area (Å²) >= 11 is 0. The van der Waals surface area contributed by atoms with Crippen molar-refractivity contribution < 1.29 is 27.9 Å². The number of nitrogens with one attached hydrogen (secondary N) is 1. The summed E-state index contributed by atoms with van der Waals surface area (Å²) in [6.07, 6.45) is -4.44. The van der Waals surface area contributed by atoms with Gasteiger partial charge in [-0.1, -0.05) is 6.92 Å². The van der Waals surface area contributed by atoms with E-state index in [1.165, 1.54) is 6.92 Å². The SMILES string of the molecule is C[C@@H](CCCNC(=O)C(F)(F)F)C(=O)O. The molecule has 0 aromatic heterocycles. The predicted octanol–water partition coefficient (Wildman–Crippen LogP) is 1.17. The summed E-state index contributed by atoms with van der Waals surface area (Å²) < 4.78 is 35.0. The van der Waals surface area contributed by atoms with Crippen molar-refractivity contribution in [2.45, 2.75) is 25.9 Å².